The van der Waals surface area contributed by atoms with Crippen molar-refractivity contribution in [2.24, 2.45) is 22.7 Å². The molecule has 2 rings (SSSR count). The van der Waals surface area contributed by atoms with Gasteiger partial charge < -0.3 is 5.11 Å². The third kappa shape index (κ3) is 0.866. The van der Waals surface area contributed by atoms with Crippen molar-refractivity contribution in [1.29, 1.82) is 0 Å². The number of carboxylic acids is 1. The van der Waals surface area contributed by atoms with E-state index in [9.17, 15) is 9.90 Å². The van der Waals surface area contributed by atoms with Crippen molar-refractivity contribution >= 4 is 5.97 Å². The van der Waals surface area contributed by atoms with Gasteiger partial charge in [0.05, 0.1) is 5.41 Å². The van der Waals surface area contributed by atoms with E-state index in [1.165, 1.54) is 0 Å². The first-order valence-electron chi connectivity index (χ1n) is 5.14. The van der Waals surface area contributed by atoms with E-state index in [1.807, 2.05) is 0 Å². The zero-order chi connectivity index (χ0) is 9.85. The third-order valence-electron chi connectivity index (χ3n) is 4.97. The van der Waals surface area contributed by atoms with Crippen molar-refractivity contribution in [3.63, 3.8) is 0 Å². The summed E-state index contributed by atoms with van der Waals surface area (Å²) in [6.45, 7) is 6.58. The van der Waals surface area contributed by atoms with Crippen LogP contribution in [0.3, 0.4) is 0 Å². The van der Waals surface area contributed by atoms with Crippen LogP contribution in [0.1, 0.15) is 40.0 Å². The molecule has 13 heavy (non-hydrogen) atoms. The maximum Gasteiger partial charge on any atom is 0.309 e. The van der Waals surface area contributed by atoms with Crippen LogP contribution in [0, 0.1) is 22.7 Å². The van der Waals surface area contributed by atoms with Crippen LogP contribution in [0.5, 0.6) is 0 Å². The fraction of sp³-hybridized carbons (Fsp3) is 0.909. The van der Waals surface area contributed by atoms with Crippen LogP contribution in [0.15, 0.2) is 0 Å². The van der Waals surface area contributed by atoms with E-state index in [1.54, 1.807) is 0 Å². The first kappa shape index (κ1) is 9.04. The number of carbonyl (C=O) groups is 1. The molecule has 2 saturated carbocycles. The van der Waals surface area contributed by atoms with E-state index >= 15 is 0 Å². The zero-order valence-corrected chi connectivity index (χ0v) is 8.63. The number of hydrogen-bond donors (Lipinski definition) is 1. The first-order valence-corrected chi connectivity index (χ1v) is 5.14. The van der Waals surface area contributed by atoms with Crippen LogP contribution in [-0.4, -0.2) is 11.1 Å². The maximum atomic E-state index is 11.3. The summed E-state index contributed by atoms with van der Waals surface area (Å²) < 4.78 is 0. The van der Waals surface area contributed by atoms with Crippen molar-refractivity contribution < 1.29 is 9.90 Å². The van der Waals surface area contributed by atoms with E-state index < -0.39 is 5.97 Å². The third-order valence-corrected chi connectivity index (χ3v) is 4.97. The highest BCUT2D eigenvalue weighted by Crippen LogP contribution is 2.65. The topological polar surface area (TPSA) is 37.3 Å². The number of carboxylic acid groups (broad SMARTS) is 1. The summed E-state index contributed by atoms with van der Waals surface area (Å²) in [5.41, 5.74) is -0.148. The lowest BCUT2D eigenvalue weighted by Crippen LogP contribution is -2.39. The van der Waals surface area contributed by atoms with Gasteiger partial charge in [-0.15, -0.1) is 0 Å². The molecule has 1 N–H and O–H groups in total. The molecule has 2 nitrogen and oxygen atoms in total. The van der Waals surface area contributed by atoms with Gasteiger partial charge in [0.15, 0.2) is 0 Å². The summed E-state index contributed by atoms with van der Waals surface area (Å²) in [5.74, 6) is 0.405. The highest BCUT2D eigenvalue weighted by atomic mass is 16.4. The van der Waals surface area contributed by atoms with Gasteiger partial charge in [0.1, 0.15) is 0 Å². The Hall–Kier alpha value is -0.530. The van der Waals surface area contributed by atoms with Gasteiger partial charge in [-0.2, -0.15) is 0 Å². The molecule has 0 aromatic heterocycles. The first-order chi connectivity index (χ1) is 5.91. The Bertz CT molecular complexity index is 257. The lowest BCUT2D eigenvalue weighted by Gasteiger charge is -2.39. The molecule has 2 aliphatic carbocycles. The molecule has 0 unspecified atom stereocenters. The molecule has 2 heteroatoms. The Morgan fingerprint density at radius 1 is 1.46 bits per heavy atom. The van der Waals surface area contributed by atoms with Gasteiger partial charge in [0.25, 0.3) is 0 Å². The average molecular weight is 182 g/mol. The standard InChI is InChI=1S/C11H18O2/c1-7-10(2,3)8-4-5-11(7,6-8)9(12)13/h7-8H,4-6H2,1-3H3,(H,12,13)/t7-,8+,11-/m0/s1. The van der Waals surface area contributed by atoms with E-state index in [0.29, 0.717) is 11.8 Å². The van der Waals surface area contributed by atoms with E-state index in [0.717, 1.165) is 19.3 Å². The molecule has 0 saturated heterocycles. The van der Waals surface area contributed by atoms with E-state index in [4.69, 9.17) is 0 Å². The van der Waals surface area contributed by atoms with Crippen molar-refractivity contribution in [3.05, 3.63) is 0 Å². The highest BCUT2D eigenvalue weighted by molar-refractivity contribution is 5.76. The molecular weight excluding hydrogens is 164 g/mol. The predicted molar refractivity (Wildman–Crippen MR) is 50.4 cm³/mol. The van der Waals surface area contributed by atoms with Crippen LogP contribution >= 0.6 is 0 Å². The van der Waals surface area contributed by atoms with Gasteiger partial charge in [-0.25, -0.2) is 0 Å². The summed E-state index contributed by atoms with van der Waals surface area (Å²) in [6, 6.07) is 0. The highest BCUT2D eigenvalue weighted by Gasteiger charge is 2.63. The van der Waals surface area contributed by atoms with Gasteiger partial charge >= 0.3 is 5.97 Å². The number of fused-ring (bicyclic) bond motifs is 2. The van der Waals surface area contributed by atoms with Crippen molar-refractivity contribution in [1.82, 2.24) is 0 Å². The second-order valence-electron chi connectivity index (χ2n) is 5.44. The summed E-state index contributed by atoms with van der Waals surface area (Å²) in [6.07, 6.45) is 2.93. The molecule has 3 atom stereocenters. The Morgan fingerprint density at radius 3 is 2.38 bits per heavy atom. The second-order valence-corrected chi connectivity index (χ2v) is 5.44. The van der Waals surface area contributed by atoms with Crippen LogP contribution in [0.2, 0.25) is 0 Å². The molecule has 74 valence electrons. The molecular formula is C11H18O2. The van der Waals surface area contributed by atoms with Gasteiger partial charge in [0, 0.05) is 0 Å². The number of hydrogen-bond acceptors (Lipinski definition) is 1. The summed E-state index contributed by atoms with van der Waals surface area (Å²) >= 11 is 0. The molecule has 0 aromatic carbocycles. The molecule has 0 heterocycles. The van der Waals surface area contributed by atoms with Crippen LogP contribution in [0.25, 0.3) is 0 Å². The monoisotopic (exact) mass is 182 g/mol. The smallest absolute Gasteiger partial charge is 0.309 e. The largest absolute Gasteiger partial charge is 0.481 e. The Labute approximate surface area is 79.3 Å². The fourth-order valence-electron chi connectivity index (χ4n) is 3.55. The molecule has 2 aliphatic rings. The molecule has 0 aliphatic heterocycles. The fourth-order valence-corrected chi connectivity index (χ4v) is 3.55. The molecule has 0 aromatic rings. The molecule has 0 amide bonds. The van der Waals surface area contributed by atoms with Crippen molar-refractivity contribution in [2.45, 2.75) is 40.0 Å². The van der Waals surface area contributed by atoms with Crippen LogP contribution < -0.4 is 0 Å². The van der Waals surface area contributed by atoms with Gasteiger partial charge in [-0.3, -0.25) is 4.79 Å². The van der Waals surface area contributed by atoms with Crippen molar-refractivity contribution in [3.8, 4) is 0 Å². The zero-order valence-electron chi connectivity index (χ0n) is 8.63. The SMILES string of the molecule is C[C@H]1C(C)(C)[C@@H]2CC[C@]1(C(=O)O)C2. The van der Waals surface area contributed by atoms with Gasteiger partial charge in [-0.1, -0.05) is 20.8 Å². The average Bonchev–Trinajstić information content (AvgIpc) is 2.53. The van der Waals surface area contributed by atoms with Crippen LogP contribution in [-0.2, 0) is 4.79 Å². The number of rotatable bonds is 1. The van der Waals surface area contributed by atoms with E-state index in [-0.39, 0.29) is 10.8 Å². The van der Waals surface area contributed by atoms with Gasteiger partial charge in [-0.05, 0) is 36.5 Å². The van der Waals surface area contributed by atoms with Crippen molar-refractivity contribution in [2.75, 3.05) is 0 Å². The quantitative estimate of drug-likeness (QED) is 0.676. The Kier molecular flexibility index (Phi) is 1.59. The second kappa shape index (κ2) is 2.28. The molecule has 0 radical (unpaired) electrons. The maximum absolute atomic E-state index is 11.3. The Balaban J connectivity index is 2.40. The number of aliphatic carboxylic acids is 1. The molecule has 2 bridgehead atoms. The minimum Gasteiger partial charge on any atom is -0.481 e. The summed E-state index contributed by atoms with van der Waals surface area (Å²) in [4.78, 5) is 11.3. The van der Waals surface area contributed by atoms with E-state index in [2.05, 4.69) is 20.8 Å². The lowest BCUT2D eigenvalue weighted by molar-refractivity contribution is -0.152. The summed E-state index contributed by atoms with van der Waals surface area (Å²) in [7, 11) is 0. The Morgan fingerprint density at radius 2 is 2.08 bits per heavy atom. The van der Waals surface area contributed by atoms with Crippen LogP contribution in [0.4, 0.5) is 0 Å². The lowest BCUT2D eigenvalue weighted by atomic mass is 9.64. The predicted octanol–water partition coefficient (Wildman–Crippen LogP) is 2.53. The summed E-state index contributed by atoms with van der Waals surface area (Å²) in [5, 5.41) is 9.29. The molecule has 0 spiro atoms. The minimum atomic E-state index is -0.562. The molecule has 2 fully saturated rings. The minimum absolute atomic E-state index is 0.233. The van der Waals surface area contributed by atoms with Gasteiger partial charge in [0.2, 0.25) is 0 Å². The normalized spacial score (nSPS) is 46.7.